The van der Waals surface area contributed by atoms with Crippen molar-refractivity contribution < 1.29 is 14.6 Å². The van der Waals surface area contributed by atoms with Crippen LogP contribution in [0, 0.1) is 19.7 Å². The normalized spacial score (nSPS) is 12.7. The number of rotatable bonds is 5. The molecule has 32 heavy (non-hydrogen) atoms. The van der Waals surface area contributed by atoms with Crippen molar-refractivity contribution >= 4 is 22.4 Å². The van der Waals surface area contributed by atoms with Gasteiger partial charge in [0.25, 0.3) is 0 Å². The fourth-order valence-corrected chi connectivity index (χ4v) is 3.84. The summed E-state index contributed by atoms with van der Waals surface area (Å²) in [4.78, 5) is 11.9. The molecule has 1 aromatic carbocycles. The molecule has 3 N–H and O–H groups in total. The highest BCUT2D eigenvalue weighted by Gasteiger charge is 2.19. The number of fused-ring (bicyclic) bond motifs is 1. The number of nitrogens with zero attached hydrogens (tertiary/aromatic N) is 4. The Kier molecular flexibility index (Phi) is 5.34. The van der Waals surface area contributed by atoms with Crippen LogP contribution in [0.2, 0.25) is 0 Å². The van der Waals surface area contributed by atoms with E-state index < -0.39 is 5.60 Å². The molecule has 0 aliphatic carbocycles. The fraction of sp³-hybridized carbons (Fsp3) is 0.292. The smallest absolute Gasteiger partial charge is 0.198 e. The van der Waals surface area contributed by atoms with Crippen LogP contribution in [-0.4, -0.2) is 41.3 Å². The zero-order chi connectivity index (χ0) is 23.2. The molecule has 4 rings (SSSR count). The molecular formula is C24H26FN5O2. The Morgan fingerprint density at radius 2 is 2.00 bits per heavy atom. The van der Waals surface area contributed by atoms with Crippen LogP contribution in [-0.2, 0) is 6.54 Å². The molecule has 0 saturated heterocycles. The lowest BCUT2D eigenvalue weighted by molar-refractivity contribution is 0.0571. The molecule has 0 radical (unpaired) electrons. The highest BCUT2D eigenvalue weighted by atomic mass is 19.1. The predicted molar refractivity (Wildman–Crippen MR) is 123 cm³/mol. The number of aromatic nitrogens is 4. The minimum absolute atomic E-state index is 0.0434. The summed E-state index contributed by atoms with van der Waals surface area (Å²) in [5.74, 6) is 0.0756. The summed E-state index contributed by atoms with van der Waals surface area (Å²) in [7, 11) is 0. The van der Waals surface area contributed by atoms with Crippen molar-refractivity contribution in [2.45, 2.75) is 46.8 Å². The van der Waals surface area contributed by atoms with E-state index in [1.54, 1.807) is 43.8 Å². The van der Waals surface area contributed by atoms with E-state index in [1.165, 1.54) is 6.07 Å². The molecule has 0 atom stereocenters. The van der Waals surface area contributed by atoms with E-state index in [4.69, 9.17) is 0 Å². The molecule has 3 heterocycles. The van der Waals surface area contributed by atoms with Crippen LogP contribution in [0.5, 0.6) is 5.88 Å². The van der Waals surface area contributed by atoms with Crippen molar-refractivity contribution in [3.05, 3.63) is 59.2 Å². The van der Waals surface area contributed by atoms with Gasteiger partial charge in [-0.15, -0.1) is 0 Å². The first-order valence-corrected chi connectivity index (χ1v) is 10.3. The maximum atomic E-state index is 14.5. The molecule has 0 saturated carbocycles. The summed E-state index contributed by atoms with van der Waals surface area (Å²) >= 11 is 0. The zero-order valence-corrected chi connectivity index (χ0v) is 18.7. The van der Waals surface area contributed by atoms with E-state index >= 15 is 0 Å². The van der Waals surface area contributed by atoms with Crippen molar-refractivity contribution in [1.29, 1.82) is 0 Å². The van der Waals surface area contributed by atoms with Gasteiger partial charge in [0.05, 0.1) is 40.8 Å². The second-order valence-electron chi connectivity index (χ2n) is 8.71. The lowest BCUT2D eigenvalue weighted by Crippen LogP contribution is -2.27. The Morgan fingerprint density at radius 3 is 2.69 bits per heavy atom. The van der Waals surface area contributed by atoms with E-state index in [9.17, 15) is 14.6 Å². The van der Waals surface area contributed by atoms with Gasteiger partial charge in [0.2, 0.25) is 0 Å². The third-order valence-electron chi connectivity index (χ3n) is 5.29. The first-order valence-electron chi connectivity index (χ1n) is 10.3. The molecule has 0 spiro atoms. The lowest BCUT2D eigenvalue weighted by atomic mass is 10.0. The summed E-state index contributed by atoms with van der Waals surface area (Å²) in [6, 6.07) is 8.47. The van der Waals surface area contributed by atoms with Crippen molar-refractivity contribution in [1.82, 2.24) is 19.7 Å². The van der Waals surface area contributed by atoms with Crippen LogP contribution in [0.3, 0.4) is 0 Å². The number of hydrogen-bond acceptors (Lipinski definition) is 5. The quantitative estimate of drug-likeness (QED) is 0.392. The fourth-order valence-electron chi connectivity index (χ4n) is 3.84. The maximum Gasteiger partial charge on any atom is 0.198 e. The molecule has 0 fully saturated rings. The van der Waals surface area contributed by atoms with E-state index in [1.807, 2.05) is 26.0 Å². The number of aromatic amines is 1. The third-order valence-corrected chi connectivity index (χ3v) is 5.29. The number of hydrogen-bond donors (Lipinski definition) is 3. The number of aryl methyl sites for hydroxylation is 2. The molecule has 7 nitrogen and oxygen atoms in total. The summed E-state index contributed by atoms with van der Waals surface area (Å²) < 4.78 is 16.2. The van der Waals surface area contributed by atoms with Gasteiger partial charge in [-0.25, -0.2) is 9.38 Å². The minimum atomic E-state index is -0.907. The van der Waals surface area contributed by atoms with Crippen molar-refractivity contribution in [2.24, 2.45) is 4.99 Å². The topological polar surface area (TPSA) is 99.3 Å². The van der Waals surface area contributed by atoms with Gasteiger partial charge in [-0.2, -0.15) is 5.10 Å². The van der Waals surface area contributed by atoms with E-state index in [2.05, 4.69) is 20.1 Å². The average molecular weight is 436 g/mol. The van der Waals surface area contributed by atoms with Crippen LogP contribution in [0.25, 0.3) is 22.2 Å². The zero-order valence-electron chi connectivity index (χ0n) is 18.7. The van der Waals surface area contributed by atoms with Gasteiger partial charge >= 0.3 is 0 Å². The first-order chi connectivity index (χ1) is 15.0. The Hall–Kier alpha value is -3.52. The first kappa shape index (κ1) is 21.7. The van der Waals surface area contributed by atoms with Crippen molar-refractivity contribution in [2.75, 3.05) is 0 Å². The molecule has 3 aromatic heterocycles. The number of benzene rings is 1. The molecule has 8 heteroatoms. The van der Waals surface area contributed by atoms with E-state index in [0.29, 0.717) is 45.8 Å². The summed E-state index contributed by atoms with van der Waals surface area (Å²) in [5.41, 5.74) is 3.31. The Morgan fingerprint density at radius 1 is 1.25 bits per heavy atom. The van der Waals surface area contributed by atoms with Crippen LogP contribution in [0.15, 0.2) is 41.5 Å². The van der Waals surface area contributed by atoms with Gasteiger partial charge in [0, 0.05) is 22.7 Å². The molecular weight excluding hydrogens is 409 g/mol. The molecule has 4 aromatic rings. The molecule has 0 amide bonds. The third kappa shape index (κ3) is 4.13. The number of H-pyrrole nitrogens is 1. The molecule has 166 valence electrons. The van der Waals surface area contributed by atoms with Gasteiger partial charge in [0.15, 0.2) is 11.7 Å². The van der Waals surface area contributed by atoms with Crippen molar-refractivity contribution in [3.63, 3.8) is 0 Å². The molecule has 0 bridgehead atoms. The highest BCUT2D eigenvalue weighted by Crippen LogP contribution is 2.33. The van der Waals surface area contributed by atoms with Crippen molar-refractivity contribution in [3.8, 4) is 17.1 Å². The average Bonchev–Trinajstić information content (AvgIpc) is 3.18. The Bertz CT molecular complexity index is 1320. The Balaban J connectivity index is 1.79. The van der Waals surface area contributed by atoms with Gasteiger partial charge in [-0.3, -0.25) is 9.67 Å². The monoisotopic (exact) mass is 435 g/mol. The maximum absolute atomic E-state index is 14.5. The van der Waals surface area contributed by atoms with E-state index in [-0.39, 0.29) is 11.7 Å². The standard InChI is InChI=1S/C24H26FN5O2/c1-13-7-6-8-17(25)21(13)18-10-16-19(11-26-18)28-23(31)22(16)15(3)27-20-9-14(2)30(29-20)12-24(4,5)32/h6-11,28,31-32H,12H2,1-5H3. The summed E-state index contributed by atoms with van der Waals surface area (Å²) in [5, 5.41) is 25.8. The number of pyridine rings is 1. The SMILES string of the molecule is CC(=Nc1cc(C)n(CC(C)(C)O)n1)c1c(O)[nH]c2cnc(-c3c(C)cccc3F)cc12. The number of aromatic hydroxyl groups is 1. The largest absolute Gasteiger partial charge is 0.494 e. The number of aliphatic imine (C=N–C) groups is 1. The second kappa shape index (κ2) is 7.87. The van der Waals surface area contributed by atoms with Crippen LogP contribution < -0.4 is 0 Å². The van der Waals surface area contributed by atoms with E-state index in [0.717, 1.165) is 11.3 Å². The number of aliphatic hydroxyl groups is 1. The summed E-state index contributed by atoms with van der Waals surface area (Å²) in [6.45, 7) is 9.28. The second-order valence-corrected chi connectivity index (χ2v) is 8.71. The van der Waals surface area contributed by atoms with Crippen LogP contribution >= 0.6 is 0 Å². The molecule has 0 aliphatic heterocycles. The summed E-state index contributed by atoms with van der Waals surface area (Å²) in [6.07, 6.45) is 1.58. The van der Waals surface area contributed by atoms with Crippen LogP contribution in [0.1, 0.15) is 37.6 Å². The van der Waals surface area contributed by atoms with Gasteiger partial charge in [-0.05, 0) is 52.3 Å². The van der Waals surface area contributed by atoms with Gasteiger partial charge in [-0.1, -0.05) is 12.1 Å². The molecule has 0 aliphatic rings. The minimum Gasteiger partial charge on any atom is -0.494 e. The predicted octanol–water partition coefficient (Wildman–Crippen LogP) is 4.80. The Labute approximate surface area is 185 Å². The van der Waals surface area contributed by atoms with Gasteiger partial charge < -0.3 is 15.2 Å². The van der Waals surface area contributed by atoms with Gasteiger partial charge in [0.1, 0.15) is 5.82 Å². The lowest BCUT2D eigenvalue weighted by Gasteiger charge is -2.17. The molecule has 0 unspecified atom stereocenters. The highest BCUT2D eigenvalue weighted by molar-refractivity contribution is 6.13. The number of nitrogens with one attached hydrogen (secondary N) is 1. The number of halogens is 1. The van der Waals surface area contributed by atoms with Crippen LogP contribution in [0.4, 0.5) is 10.2 Å².